The van der Waals surface area contributed by atoms with Gasteiger partial charge in [0.2, 0.25) is 5.89 Å². The van der Waals surface area contributed by atoms with Crippen LogP contribution in [0.2, 0.25) is 0 Å². The molecule has 0 spiro atoms. The Morgan fingerprint density at radius 1 is 1.20 bits per heavy atom. The van der Waals surface area contributed by atoms with Gasteiger partial charge in [0.15, 0.2) is 11.8 Å². The third-order valence-electron chi connectivity index (χ3n) is 4.64. The first-order valence-electron chi connectivity index (χ1n) is 10.5. The average molecular weight is 536 g/mol. The van der Waals surface area contributed by atoms with E-state index in [0.717, 1.165) is 37.5 Å². The second-order valence-corrected chi connectivity index (χ2v) is 8.79. The minimum Gasteiger partial charge on any atom is -0.444 e. The molecule has 172 valence electrons. The number of nitrogens with one attached hydrogen (secondary N) is 3. The number of amides is 1. The van der Waals surface area contributed by atoms with Crippen molar-refractivity contribution < 1.29 is 14.1 Å². The number of nitrogens with zero attached hydrogens (tertiary/aromatic N) is 3. The molecular weight excluding hydrogens is 499 g/mol. The van der Waals surface area contributed by atoms with Crippen LogP contribution in [-0.2, 0) is 11.2 Å². The lowest BCUT2D eigenvalue weighted by molar-refractivity contribution is 0.0490. The van der Waals surface area contributed by atoms with Gasteiger partial charge in [0.1, 0.15) is 5.60 Å². The molecule has 10 heteroatoms. The van der Waals surface area contributed by atoms with Gasteiger partial charge in [-0.25, -0.2) is 4.79 Å². The van der Waals surface area contributed by atoms with Crippen LogP contribution in [-0.4, -0.2) is 53.5 Å². The van der Waals surface area contributed by atoms with Crippen LogP contribution in [0.1, 0.15) is 77.9 Å². The number of rotatable bonds is 6. The number of guanidine groups is 1. The predicted molar refractivity (Wildman–Crippen MR) is 127 cm³/mol. The molecule has 1 aliphatic carbocycles. The fraction of sp³-hybridized carbons (Fsp3) is 0.800. The minimum atomic E-state index is -0.474. The van der Waals surface area contributed by atoms with Crippen LogP contribution in [0.3, 0.4) is 0 Å². The molecule has 1 fully saturated rings. The highest BCUT2D eigenvalue weighted by molar-refractivity contribution is 14.0. The Bertz CT molecular complexity index is 678. The second-order valence-electron chi connectivity index (χ2n) is 8.79. The molecule has 0 atom stereocenters. The molecule has 0 saturated heterocycles. The van der Waals surface area contributed by atoms with Crippen LogP contribution in [0.5, 0.6) is 0 Å². The number of hydrogen-bond acceptors (Lipinski definition) is 6. The quantitative estimate of drug-likeness (QED) is 0.290. The maximum Gasteiger partial charge on any atom is 0.407 e. The van der Waals surface area contributed by atoms with Gasteiger partial charge in [0.05, 0.1) is 0 Å². The maximum atomic E-state index is 11.9. The van der Waals surface area contributed by atoms with E-state index in [1.54, 1.807) is 7.05 Å². The predicted octanol–water partition coefficient (Wildman–Crippen LogP) is 3.35. The van der Waals surface area contributed by atoms with Gasteiger partial charge in [-0.05, 0) is 46.5 Å². The normalized spacial score (nSPS) is 19.8. The SMILES string of the molecule is CN=C(NCCc1nc(C(C)C)no1)NC1CCC(NC(=O)OC(C)(C)C)CC1.I. The topological polar surface area (TPSA) is 114 Å². The number of hydrogen-bond donors (Lipinski definition) is 3. The molecule has 0 bridgehead atoms. The van der Waals surface area contributed by atoms with Crippen LogP contribution in [0.4, 0.5) is 4.79 Å². The lowest BCUT2D eigenvalue weighted by Crippen LogP contribution is -2.48. The summed E-state index contributed by atoms with van der Waals surface area (Å²) in [5, 5.41) is 13.7. The van der Waals surface area contributed by atoms with E-state index in [0.29, 0.717) is 24.9 Å². The van der Waals surface area contributed by atoms with E-state index in [2.05, 4.69) is 31.1 Å². The van der Waals surface area contributed by atoms with Gasteiger partial charge >= 0.3 is 6.09 Å². The smallest absolute Gasteiger partial charge is 0.407 e. The van der Waals surface area contributed by atoms with Crippen LogP contribution in [0, 0.1) is 0 Å². The molecule has 9 nitrogen and oxygen atoms in total. The molecule has 0 unspecified atom stereocenters. The molecule has 1 heterocycles. The van der Waals surface area contributed by atoms with Crippen molar-refractivity contribution in [3.05, 3.63) is 11.7 Å². The molecule has 0 aliphatic heterocycles. The highest BCUT2D eigenvalue weighted by atomic mass is 127. The van der Waals surface area contributed by atoms with Gasteiger partial charge in [-0.3, -0.25) is 4.99 Å². The van der Waals surface area contributed by atoms with E-state index in [1.165, 1.54) is 0 Å². The van der Waals surface area contributed by atoms with Gasteiger partial charge in [0, 0.05) is 38.0 Å². The van der Waals surface area contributed by atoms with E-state index < -0.39 is 5.60 Å². The zero-order valence-electron chi connectivity index (χ0n) is 18.9. The van der Waals surface area contributed by atoms with Crippen molar-refractivity contribution in [2.75, 3.05) is 13.6 Å². The lowest BCUT2D eigenvalue weighted by atomic mass is 9.91. The average Bonchev–Trinajstić information content (AvgIpc) is 3.10. The Labute approximate surface area is 196 Å². The van der Waals surface area contributed by atoms with Crippen molar-refractivity contribution in [2.45, 2.75) is 90.3 Å². The van der Waals surface area contributed by atoms with E-state index in [-0.39, 0.29) is 42.0 Å². The molecule has 1 aromatic rings. The molecule has 3 N–H and O–H groups in total. The van der Waals surface area contributed by atoms with E-state index >= 15 is 0 Å². The van der Waals surface area contributed by atoms with E-state index in [9.17, 15) is 4.79 Å². The number of ether oxygens (including phenoxy) is 1. The molecule has 0 aromatic carbocycles. The number of alkyl carbamates (subject to hydrolysis) is 1. The van der Waals surface area contributed by atoms with Gasteiger partial charge in [0.25, 0.3) is 0 Å². The minimum absolute atomic E-state index is 0. The molecule has 1 aliphatic rings. The number of carbonyl (C=O) groups is 1. The summed E-state index contributed by atoms with van der Waals surface area (Å²) in [6, 6.07) is 0.486. The zero-order valence-corrected chi connectivity index (χ0v) is 21.3. The summed E-state index contributed by atoms with van der Waals surface area (Å²) in [5.41, 5.74) is -0.474. The molecule has 2 rings (SSSR count). The number of halogens is 1. The van der Waals surface area contributed by atoms with Crippen molar-refractivity contribution in [3.63, 3.8) is 0 Å². The molecule has 1 saturated carbocycles. The first kappa shape index (κ1) is 26.4. The highest BCUT2D eigenvalue weighted by Crippen LogP contribution is 2.19. The monoisotopic (exact) mass is 536 g/mol. The largest absolute Gasteiger partial charge is 0.444 e. The summed E-state index contributed by atoms with van der Waals surface area (Å²) in [5.74, 6) is 2.39. The zero-order chi connectivity index (χ0) is 21.4. The molecular formula is C20H37IN6O3. The standard InChI is InChI=1S/C20H36N6O3.HI/c1-13(2)17-25-16(29-26-17)11-12-22-18(21-6)23-14-7-9-15(10-8-14)24-19(27)28-20(3,4)5;/h13-15H,7-12H2,1-6H3,(H,24,27)(H2,21,22,23);1H. The third-order valence-corrected chi connectivity index (χ3v) is 4.64. The van der Waals surface area contributed by atoms with E-state index in [4.69, 9.17) is 9.26 Å². The Balaban J connectivity index is 0.00000450. The summed E-state index contributed by atoms with van der Waals surface area (Å²) in [6.45, 7) is 10.3. The van der Waals surface area contributed by atoms with Crippen molar-refractivity contribution in [2.24, 2.45) is 4.99 Å². The first-order chi connectivity index (χ1) is 13.7. The summed E-state index contributed by atoms with van der Waals surface area (Å²) >= 11 is 0. The molecule has 30 heavy (non-hydrogen) atoms. The number of aromatic nitrogens is 2. The fourth-order valence-electron chi connectivity index (χ4n) is 3.14. The van der Waals surface area contributed by atoms with Crippen LogP contribution >= 0.6 is 24.0 Å². The first-order valence-corrected chi connectivity index (χ1v) is 10.5. The summed E-state index contributed by atoms with van der Waals surface area (Å²) in [6.07, 6.45) is 4.05. The van der Waals surface area contributed by atoms with Crippen LogP contribution in [0.15, 0.2) is 9.52 Å². The second kappa shape index (κ2) is 12.3. The van der Waals surface area contributed by atoms with Crippen molar-refractivity contribution in [1.82, 2.24) is 26.1 Å². The van der Waals surface area contributed by atoms with Crippen molar-refractivity contribution >= 4 is 36.0 Å². The molecule has 1 amide bonds. The van der Waals surface area contributed by atoms with Gasteiger partial charge < -0.3 is 25.2 Å². The van der Waals surface area contributed by atoms with Crippen molar-refractivity contribution in [3.8, 4) is 0 Å². The van der Waals surface area contributed by atoms with Crippen molar-refractivity contribution in [1.29, 1.82) is 0 Å². The Morgan fingerprint density at radius 3 is 2.30 bits per heavy atom. The highest BCUT2D eigenvalue weighted by Gasteiger charge is 2.25. The Hall–Kier alpha value is -1.59. The lowest BCUT2D eigenvalue weighted by Gasteiger charge is -2.31. The molecule has 1 aromatic heterocycles. The number of aliphatic imine (C=N–C) groups is 1. The van der Waals surface area contributed by atoms with E-state index in [1.807, 2.05) is 34.6 Å². The Morgan fingerprint density at radius 2 is 1.80 bits per heavy atom. The van der Waals surface area contributed by atoms with Gasteiger partial charge in [-0.15, -0.1) is 24.0 Å². The van der Waals surface area contributed by atoms with Gasteiger partial charge in [-0.1, -0.05) is 19.0 Å². The third kappa shape index (κ3) is 9.48. The molecule has 0 radical (unpaired) electrons. The fourth-order valence-corrected chi connectivity index (χ4v) is 3.14. The maximum absolute atomic E-state index is 11.9. The summed E-state index contributed by atoms with van der Waals surface area (Å²) in [7, 11) is 1.76. The van der Waals surface area contributed by atoms with Gasteiger partial charge in [-0.2, -0.15) is 4.98 Å². The Kier molecular flexibility index (Phi) is 10.9. The van der Waals surface area contributed by atoms with Crippen LogP contribution in [0.25, 0.3) is 0 Å². The summed E-state index contributed by atoms with van der Waals surface area (Å²) in [4.78, 5) is 20.6. The van der Waals surface area contributed by atoms with Crippen LogP contribution < -0.4 is 16.0 Å². The number of carbonyl (C=O) groups excluding carboxylic acids is 1. The summed E-state index contributed by atoms with van der Waals surface area (Å²) < 4.78 is 10.6.